The summed E-state index contributed by atoms with van der Waals surface area (Å²) >= 11 is 0. The van der Waals surface area contributed by atoms with E-state index in [1.807, 2.05) is 0 Å². The van der Waals surface area contributed by atoms with Crippen molar-refractivity contribution in [3.05, 3.63) is 59.3 Å². The first-order valence-electron chi connectivity index (χ1n) is 6.13. The number of rotatable bonds is 3. The molecule has 1 N–H and O–H groups in total. The maximum atomic E-state index is 13.1. The van der Waals surface area contributed by atoms with Crippen molar-refractivity contribution in [3.8, 4) is 11.5 Å². The first-order chi connectivity index (χ1) is 9.95. The van der Waals surface area contributed by atoms with Crippen LogP contribution < -0.4 is 4.74 Å². The second-order valence-electron chi connectivity index (χ2n) is 4.61. The second-order valence-corrected chi connectivity index (χ2v) is 6.38. The van der Waals surface area contributed by atoms with Gasteiger partial charge in [-0.1, -0.05) is 6.07 Å². The molecular formula is C15H11FO4S. The highest BCUT2D eigenvalue weighted by Crippen LogP contribution is 2.35. The minimum absolute atomic E-state index is 0.0255. The van der Waals surface area contributed by atoms with Gasteiger partial charge >= 0.3 is 0 Å². The highest BCUT2D eigenvalue weighted by molar-refractivity contribution is 7.95. The normalized spacial score (nSPS) is 15.4. The lowest BCUT2D eigenvalue weighted by Crippen LogP contribution is -1.99. The molecule has 2 aromatic rings. The van der Waals surface area contributed by atoms with E-state index in [4.69, 9.17) is 4.74 Å². The Morgan fingerprint density at radius 1 is 1.14 bits per heavy atom. The van der Waals surface area contributed by atoms with Gasteiger partial charge in [-0.3, -0.25) is 0 Å². The molecule has 0 aliphatic carbocycles. The van der Waals surface area contributed by atoms with Crippen molar-refractivity contribution in [1.29, 1.82) is 0 Å². The Morgan fingerprint density at radius 2 is 1.95 bits per heavy atom. The number of hydrogen-bond donors (Lipinski definition) is 1. The topological polar surface area (TPSA) is 63.6 Å². The molecule has 0 fully saturated rings. The van der Waals surface area contributed by atoms with Gasteiger partial charge in [-0.2, -0.15) is 0 Å². The first kappa shape index (κ1) is 13.6. The van der Waals surface area contributed by atoms with Crippen molar-refractivity contribution in [1.82, 2.24) is 0 Å². The summed E-state index contributed by atoms with van der Waals surface area (Å²) in [6, 6.07) is 9.64. The number of phenols is 1. The molecule has 108 valence electrons. The van der Waals surface area contributed by atoms with Crippen LogP contribution in [0.4, 0.5) is 4.39 Å². The number of halogens is 1. The molecule has 0 unspecified atom stereocenters. The Hall–Kier alpha value is -2.34. The smallest absolute Gasteiger partial charge is 0.200 e. The standard InChI is InChI=1S/C15H11FO4S/c16-11-2-1-3-13(6-11)20-8-10-9-21(18,19)15-5-4-12(17)7-14(10)15/h1-7,9,17H,8H2. The molecule has 0 saturated carbocycles. The monoisotopic (exact) mass is 306 g/mol. The minimum atomic E-state index is -3.51. The third-order valence-corrected chi connectivity index (χ3v) is 4.67. The highest BCUT2D eigenvalue weighted by atomic mass is 32.2. The van der Waals surface area contributed by atoms with E-state index in [9.17, 15) is 17.9 Å². The molecule has 1 aliphatic heterocycles. The zero-order valence-electron chi connectivity index (χ0n) is 10.8. The minimum Gasteiger partial charge on any atom is -0.508 e. The van der Waals surface area contributed by atoms with E-state index >= 15 is 0 Å². The second kappa shape index (κ2) is 4.89. The Bertz CT molecular complexity index is 841. The molecule has 0 radical (unpaired) electrons. The van der Waals surface area contributed by atoms with Crippen molar-refractivity contribution in [3.63, 3.8) is 0 Å². The van der Waals surface area contributed by atoms with Crippen LogP contribution in [0.25, 0.3) is 5.57 Å². The van der Waals surface area contributed by atoms with Crippen molar-refractivity contribution in [2.75, 3.05) is 6.61 Å². The van der Waals surface area contributed by atoms with Gasteiger partial charge in [0.2, 0.25) is 9.84 Å². The van der Waals surface area contributed by atoms with Gasteiger partial charge in [-0.05, 0) is 30.3 Å². The van der Waals surface area contributed by atoms with Crippen LogP contribution >= 0.6 is 0 Å². The first-order valence-corrected chi connectivity index (χ1v) is 7.68. The summed E-state index contributed by atoms with van der Waals surface area (Å²) in [6.45, 7) is -0.0286. The van der Waals surface area contributed by atoms with E-state index in [2.05, 4.69) is 0 Å². The number of benzene rings is 2. The SMILES string of the molecule is O=S1(=O)C=C(COc2cccc(F)c2)c2cc(O)ccc21. The van der Waals surface area contributed by atoms with Gasteiger partial charge in [0.05, 0.1) is 4.90 Å². The fraction of sp³-hybridized carbons (Fsp3) is 0.0667. The molecule has 0 bridgehead atoms. The van der Waals surface area contributed by atoms with Gasteiger partial charge in [-0.15, -0.1) is 0 Å². The van der Waals surface area contributed by atoms with Crippen LogP contribution in [0.15, 0.2) is 52.8 Å². The van der Waals surface area contributed by atoms with E-state index < -0.39 is 15.7 Å². The van der Waals surface area contributed by atoms with E-state index in [0.717, 1.165) is 5.41 Å². The molecule has 21 heavy (non-hydrogen) atoms. The molecule has 0 atom stereocenters. The lowest BCUT2D eigenvalue weighted by atomic mass is 10.1. The molecule has 3 rings (SSSR count). The Kier molecular flexibility index (Phi) is 3.17. The molecule has 2 aromatic carbocycles. The fourth-order valence-corrected chi connectivity index (χ4v) is 3.61. The maximum absolute atomic E-state index is 13.1. The Labute approximate surface area is 121 Å². The summed E-state index contributed by atoms with van der Waals surface area (Å²) < 4.78 is 42.4. The number of hydrogen-bond acceptors (Lipinski definition) is 4. The van der Waals surface area contributed by atoms with Crippen LogP contribution in [-0.4, -0.2) is 20.1 Å². The van der Waals surface area contributed by atoms with Crippen molar-refractivity contribution in [2.24, 2.45) is 0 Å². The summed E-state index contributed by atoms with van der Waals surface area (Å²) in [5.41, 5.74) is 0.830. The molecular weight excluding hydrogens is 295 g/mol. The molecule has 1 heterocycles. The maximum Gasteiger partial charge on any atom is 0.200 e. The highest BCUT2D eigenvalue weighted by Gasteiger charge is 2.27. The predicted molar refractivity (Wildman–Crippen MR) is 75.2 cm³/mol. The molecule has 1 aliphatic rings. The number of fused-ring (bicyclic) bond motifs is 1. The number of ether oxygens (including phenoxy) is 1. The molecule has 6 heteroatoms. The van der Waals surface area contributed by atoms with Crippen LogP contribution in [-0.2, 0) is 9.84 Å². The molecule has 0 spiro atoms. The van der Waals surface area contributed by atoms with Gasteiger partial charge in [0.25, 0.3) is 0 Å². The third kappa shape index (κ3) is 2.62. The number of phenolic OH excluding ortho intramolecular Hbond substituents is 1. The van der Waals surface area contributed by atoms with Crippen LogP contribution in [0.1, 0.15) is 5.56 Å². The molecule has 4 nitrogen and oxygen atoms in total. The molecule has 0 saturated heterocycles. The van der Waals surface area contributed by atoms with Crippen molar-refractivity contribution in [2.45, 2.75) is 4.90 Å². The zero-order valence-corrected chi connectivity index (χ0v) is 11.6. The van der Waals surface area contributed by atoms with Crippen molar-refractivity contribution >= 4 is 15.4 Å². The Balaban J connectivity index is 1.89. The van der Waals surface area contributed by atoms with Crippen LogP contribution in [0.3, 0.4) is 0 Å². The summed E-state index contributed by atoms with van der Waals surface area (Å²) in [5.74, 6) is -0.150. The quantitative estimate of drug-likeness (QED) is 0.947. The lowest BCUT2D eigenvalue weighted by molar-refractivity contribution is 0.367. The third-order valence-electron chi connectivity index (χ3n) is 3.10. The Morgan fingerprint density at radius 3 is 2.71 bits per heavy atom. The predicted octanol–water partition coefficient (Wildman–Crippen LogP) is 2.74. The van der Waals surface area contributed by atoms with Gasteiger partial charge in [0, 0.05) is 22.6 Å². The molecule has 0 aromatic heterocycles. The van der Waals surface area contributed by atoms with E-state index in [-0.39, 0.29) is 17.3 Å². The van der Waals surface area contributed by atoms with Crippen molar-refractivity contribution < 1.29 is 22.7 Å². The van der Waals surface area contributed by atoms with Gasteiger partial charge < -0.3 is 9.84 Å². The van der Waals surface area contributed by atoms with Gasteiger partial charge in [0.1, 0.15) is 23.9 Å². The van der Waals surface area contributed by atoms with Gasteiger partial charge in [-0.25, -0.2) is 12.8 Å². The number of aromatic hydroxyl groups is 1. The van der Waals surface area contributed by atoms with E-state index in [0.29, 0.717) is 16.9 Å². The summed E-state index contributed by atoms with van der Waals surface area (Å²) in [6.07, 6.45) is 0. The average molecular weight is 306 g/mol. The zero-order chi connectivity index (χ0) is 15.0. The van der Waals surface area contributed by atoms with E-state index in [1.54, 1.807) is 6.07 Å². The summed E-state index contributed by atoms with van der Waals surface area (Å²) in [5, 5.41) is 10.6. The van der Waals surface area contributed by atoms with Crippen LogP contribution in [0.2, 0.25) is 0 Å². The van der Waals surface area contributed by atoms with Crippen LogP contribution in [0, 0.1) is 5.82 Å². The van der Waals surface area contributed by atoms with Gasteiger partial charge in [0.15, 0.2) is 0 Å². The average Bonchev–Trinajstić information content (AvgIpc) is 2.67. The van der Waals surface area contributed by atoms with E-state index in [1.165, 1.54) is 36.4 Å². The number of sulfone groups is 1. The largest absolute Gasteiger partial charge is 0.508 e. The fourth-order valence-electron chi connectivity index (χ4n) is 2.16. The molecule has 0 amide bonds. The van der Waals surface area contributed by atoms with Crippen LogP contribution in [0.5, 0.6) is 11.5 Å². The lowest BCUT2D eigenvalue weighted by Gasteiger charge is -2.08. The summed E-state index contributed by atoms with van der Waals surface area (Å²) in [7, 11) is -3.51. The summed E-state index contributed by atoms with van der Waals surface area (Å²) in [4.78, 5) is 0.137.